The number of hydrogen-bond donors (Lipinski definition) is 0. The van der Waals surface area contributed by atoms with Gasteiger partial charge in [-0.3, -0.25) is 4.79 Å². The molecule has 0 fully saturated rings. The number of methoxy groups -OCH3 is 1. The van der Waals surface area contributed by atoms with E-state index in [1.165, 1.54) is 0 Å². The van der Waals surface area contributed by atoms with E-state index in [0.717, 1.165) is 22.6 Å². The molecule has 7 heteroatoms. The second-order valence-electron chi connectivity index (χ2n) is 6.57. The first-order chi connectivity index (χ1) is 14.1. The third-order valence-electron chi connectivity index (χ3n) is 4.48. The summed E-state index contributed by atoms with van der Waals surface area (Å²) >= 11 is 0. The Bertz CT molecular complexity index is 920. The maximum absolute atomic E-state index is 12.4. The van der Waals surface area contributed by atoms with Crippen molar-refractivity contribution in [3.8, 4) is 22.9 Å². The van der Waals surface area contributed by atoms with Crippen LogP contribution in [0.4, 0.5) is 0 Å². The first kappa shape index (κ1) is 20.4. The quantitative estimate of drug-likeness (QED) is 0.549. The van der Waals surface area contributed by atoms with Crippen molar-refractivity contribution in [2.75, 3.05) is 20.8 Å². The summed E-state index contributed by atoms with van der Waals surface area (Å²) in [4.78, 5) is 18.4. The highest BCUT2D eigenvalue weighted by molar-refractivity contribution is 5.76. The van der Waals surface area contributed by atoms with Gasteiger partial charge in [-0.25, -0.2) is 0 Å². The van der Waals surface area contributed by atoms with Gasteiger partial charge in [0.25, 0.3) is 0 Å². The monoisotopic (exact) mass is 395 g/mol. The second kappa shape index (κ2) is 9.73. The average Bonchev–Trinajstić information content (AvgIpc) is 3.21. The lowest BCUT2D eigenvalue weighted by atomic mass is 10.1. The fraction of sp³-hybridized carbons (Fsp3) is 0.318. The summed E-state index contributed by atoms with van der Waals surface area (Å²) in [7, 11) is 3.36. The summed E-state index contributed by atoms with van der Waals surface area (Å²) in [6.45, 7) is 2.82. The van der Waals surface area contributed by atoms with Gasteiger partial charge in [-0.2, -0.15) is 4.98 Å². The van der Waals surface area contributed by atoms with Crippen molar-refractivity contribution < 1.29 is 18.8 Å². The largest absolute Gasteiger partial charge is 0.497 e. The standard InChI is InChI=1S/C22H25N3O4/c1-4-28-19-12-8-17(9-13-19)22-23-20(29-24-22)15-25(2)21(26)14-7-16-5-10-18(27-3)11-6-16/h5-6,8-13H,4,7,14-15H2,1-3H3. The van der Waals surface area contributed by atoms with Crippen LogP contribution in [0.3, 0.4) is 0 Å². The van der Waals surface area contributed by atoms with Gasteiger partial charge in [0.05, 0.1) is 20.3 Å². The summed E-state index contributed by atoms with van der Waals surface area (Å²) < 4.78 is 15.9. The molecule has 0 radical (unpaired) electrons. The molecule has 0 aliphatic rings. The first-order valence-electron chi connectivity index (χ1n) is 9.51. The molecule has 0 unspecified atom stereocenters. The van der Waals surface area contributed by atoms with E-state index < -0.39 is 0 Å². The predicted molar refractivity (Wildman–Crippen MR) is 109 cm³/mol. The van der Waals surface area contributed by atoms with Crippen LogP contribution in [0, 0.1) is 0 Å². The molecular formula is C22H25N3O4. The fourth-order valence-corrected chi connectivity index (χ4v) is 2.83. The highest BCUT2D eigenvalue weighted by Crippen LogP contribution is 2.20. The minimum atomic E-state index is 0.0154. The molecule has 0 spiro atoms. The number of nitrogens with zero attached hydrogens (tertiary/aromatic N) is 3. The van der Waals surface area contributed by atoms with Crippen LogP contribution in [-0.4, -0.2) is 41.7 Å². The summed E-state index contributed by atoms with van der Waals surface area (Å²) in [5.41, 5.74) is 1.92. The summed E-state index contributed by atoms with van der Waals surface area (Å²) in [6.07, 6.45) is 1.07. The molecule has 152 valence electrons. The Morgan fingerprint density at radius 1 is 1.07 bits per heavy atom. The van der Waals surface area contributed by atoms with Crippen LogP contribution < -0.4 is 9.47 Å². The molecule has 1 heterocycles. The van der Waals surface area contributed by atoms with Crippen LogP contribution in [0.25, 0.3) is 11.4 Å². The van der Waals surface area contributed by atoms with E-state index in [2.05, 4.69) is 10.1 Å². The number of carbonyl (C=O) groups is 1. The number of ether oxygens (including phenoxy) is 2. The van der Waals surface area contributed by atoms with Gasteiger partial charge in [0, 0.05) is 19.0 Å². The summed E-state index contributed by atoms with van der Waals surface area (Å²) in [5, 5.41) is 4.01. The van der Waals surface area contributed by atoms with Crippen molar-refractivity contribution in [3.05, 3.63) is 60.0 Å². The average molecular weight is 395 g/mol. The zero-order chi connectivity index (χ0) is 20.6. The molecule has 0 bridgehead atoms. The Morgan fingerprint density at radius 3 is 2.41 bits per heavy atom. The van der Waals surface area contributed by atoms with Crippen molar-refractivity contribution in [1.29, 1.82) is 0 Å². The SMILES string of the molecule is CCOc1ccc(-c2noc(CN(C)C(=O)CCc3ccc(OC)cc3)n2)cc1. The summed E-state index contributed by atoms with van der Waals surface area (Å²) in [5.74, 6) is 2.50. The van der Waals surface area contributed by atoms with E-state index in [1.54, 1.807) is 19.1 Å². The van der Waals surface area contributed by atoms with Crippen LogP contribution in [0.15, 0.2) is 53.1 Å². The molecule has 0 saturated heterocycles. The van der Waals surface area contributed by atoms with E-state index in [0.29, 0.717) is 31.2 Å². The van der Waals surface area contributed by atoms with Crippen LogP contribution >= 0.6 is 0 Å². The molecule has 1 amide bonds. The normalized spacial score (nSPS) is 10.6. The third kappa shape index (κ3) is 5.57. The number of aromatic nitrogens is 2. The van der Waals surface area contributed by atoms with Gasteiger partial charge in [0.2, 0.25) is 17.6 Å². The molecule has 0 N–H and O–H groups in total. The van der Waals surface area contributed by atoms with E-state index in [9.17, 15) is 4.79 Å². The summed E-state index contributed by atoms with van der Waals surface area (Å²) in [6, 6.07) is 15.2. The maximum Gasteiger partial charge on any atom is 0.246 e. The van der Waals surface area contributed by atoms with E-state index in [4.69, 9.17) is 14.0 Å². The Morgan fingerprint density at radius 2 is 1.76 bits per heavy atom. The molecule has 7 nitrogen and oxygen atoms in total. The molecule has 0 atom stereocenters. The minimum absolute atomic E-state index is 0.0154. The van der Waals surface area contributed by atoms with Gasteiger partial charge in [-0.1, -0.05) is 17.3 Å². The minimum Gasteiger partial charge on any atom is -0.497 e. The van der Waals surface area contributed by atoms with Gasteiger partial charge in [0.1, 0.15) is 11.5 Å². The number of benzene rings is 2. The lowest BCUT2D eigenvalue weighted by molar-refractivity contribution is -0.130. The smallest absolute Gasteiger partial charge is 0.246 e. The van der Waals surface area contributed by atoms with Crippen LogP contribution in [0.5, 0.6) is 11.5 Å². The molecule has 0 aliphatic carbocycles. The first-order valence-corrected chi connectivity index (χ1v) is 9.51. The molecule has 1 aromatic heterocycles. The molecule has 29 heavy (non-hydrogen) atoms. The Hall–Kier alpha value is -3.35. The van der Waals surface area contributed by atoms with Gasteiger partial charge in [-0.15, -0.1) is 0 Å². The van der Waals surface area contributed by atoms with Gasteiger partial charge < -0.3 is 18.9 Å². The molecule has 3 rings (SSSR count). The number of aryl methyl sites for hydroxylation is 1. The number of rotatable bonds is 9. The fourth-order valence-electron chi connectivity index (χ4n) is 2.83. The molecule has 0 aliphatic heterocycles. The van der Waals surface area contributed by atoms with Crippen LogP contribution in [-0.2, 0) is 17.8 Å². The van der Waals surface area contributed by atoms with Crippen molar-refractivity contribution in [2.24, 2.45) is 0 Å². The highest BCUT2D eigenvalue weighted by atomic mass is 16.5. The van der Waals surface area contributed by atoms with Gasteiger partial charge >= 0.3 is 0 Å². The lowest BCUT2D eigenvalue weighted by Crippen LogP contribution is -2.26. The number of amides is 1. The molecular weight excluding hydrogens is 370 g/mol. The number of carbonyl (C=O) groups excluding carboxylic acids is 1. The van der Waals surface area contributed by atoms with Crippen molar-refractivity contribution in [1.82, 2.24) is 15.0 Å². The van der Waals surface area contributed by atoms with E-state index >= 15 is 0 Å². The topological polar surface area (TPSA) is 77.7 Å². The Kier molecular flexibility index (Phi) is 6.84. The second-order valence-corrected chi connectivity index (χ2v) is 6.57. The third-order valence-corrected chi connectivity index (χ3v) is 4.48. The number of hydrogen-bond acceptors (Lipinski definition) is 6. The zero-order valence-corrected chi connectivity index (χ0v) is 16.9. The molecule has 3 aromatic rings. The van der Waals surface area contributed by atoms with E-state index in [-0.39, 0.29) is 12.5 Å². The van der Waals surface area contributed by atoms with Crippen molar-refractivity contribution in [3.63, 3.8) is 0 Å². The lowest BCUT2D eigenvalue weighted by Gasteiger charge is -2.14. The van der Waals surface area contributed by atoms with Crippen molar-refractivity contribution >= 4 is 5.91 Å². The Labute approximate surface area is 170 Å². The predicted octanol–water partition coefficient (Wildman–Crippen LogP) is 3.74. The van der Waals surface area contributed by atoms with Crippen LogP contribution in [0.1, 0.15) is 24.8 Å². The van der Waals surface area contributed by atoms with Crippen LogP contribution in [0.2, 0.25) is 0 Å². The van der Waals surface area contributed by atoms with Gasteiger partial charge in [0.15, 0.2) is 0 Å². The molecule has 0 saturated carbocycles. The Balaban J connectivity index is 1.53. The maximum atomic E-state index is 12.4. The highest BCUT2D eigenvalue weighted by Gasteiger charge is 2.15. The van der Waals surface area contributed by atoms with Crippen molar-refractivity contribution in [2.45, 2.75) is 26.3 Å². The van der Waals surface area contributed by atoms with E-state index in [1.807, 2.05) is 55.5 Å². The molecule has 2 aromatic carbocycles. The zero-order valence-electron chi connectivity index (χ0n) is 16.9. The van der Waals surface area contributed by atoms with Gasteiger partial charge in [-0.05, 0) is 55.3 Å².